The number of likely N-dealkylation sites (N-methyl/N-ethyl adjacent to an activating group) is 1. The average Bonchev–Trinajstić information content (AvgIpc) is 3.33. The third-order valence-corrected chi connectivity index (χ3v) is 4.71. The van der Waals surface area contributed by atoms with Crippen LogP contribution < -0.4 is 4.90 Å². The zero-order chi connectivity index (χ0) is 17.8. The fraction of sp³-hybridized carbons (Fsp3) is 0.368. The minimum atomic E-state index is 0.459. The molecule has 1 aliphatic heterocycles. The van der Waals surface area contributed by atoms with E-state index in [4.69, 9.17) is 0 Å². The molecule has 0 amide bonds. The van der Waals surface area contributed by atoms with Crippen molar-refractivity contribution >= 4 is 5.82 Å². The van der Waals surface area contributed by atoms with Crippen LogP contribution in [0.4, 0.5) is 5.82 Å². The first kappa shape index (κ1) is 16.7. The SMILES string of the molecule is CN(Cc1cnn(-c2ccccc2)n1)C[C@@H]1CCCN1c1cccnn1. The largest absolute Gasteiger partial charge is 0.351 e. The maximum Gasteiger partial charge on any atom is 0.151 e. The molecule has 0 bridgehead atoms. The molecule has 0 aliphatic carbocycles. The highest BCUT2D eigenvalue weighted by Gasteiger charge is 2.27. The summed E-state index contributed by atoms with van der Waals surface area (Å²) in [5, 5.41) is 17.3. The quantitative estimate of drug-likeness (QED) is 0.680. The number of hydrogen-bond acceptors (Lipinski definition) is 6. The third kappa shape index (κ3) is 3.72. The van der Waals surface area contributed by atoms with Gasteiger partial charge in [-0.15, -0.1) is 5.10 Å². The van der Waals surface area contributed by atoms with Crippen LogP contribution in [0.1, 0.15) is 18.5 Å². The second kappa shape index (κ2) is 7.61. The Morgan fingerprint density at radius 2 is 2.04 bits per heavy atom. The highest BCUT2D eigenvalue weighted by molar-refractivity contribution is 5.39. The number of para-hydroxylation sites is 1. The van der Waals surface area contributed by atoms with Gasteiger partial charge in [-0.3, -0.25) is 4.90 Å². The fourth-order valence-corrected chi connectivity index (χ4v) is 3.53. The molecule has 0 N–H and O–H groups in total. The van der Waals surface area contributed by atoms with Crippen LogP contribution in [-0.4, -0.2) is 56.3 Å². The zero-order valence-electron chi connectivity index (χ0n) is 14.9. The van der Waals surface area contributed by atoms with Gasteiger partial charge in [-0.2, -0.15) is 20.1 Å². The highest BCUT2D eigenvalue weighted by Crippen LogP contribution is 2.23. The Balaban J connectivity index is 1.38. The molecule has 1 aromatic carbocycles. The maximum atomic E-state index is 4.60. The van der Waals surface area contributed by atoms with Gasteiger partial charge in [0.25, 0.3) is 0 Å². The van der Waals surface area contributed by atoms with Gasteiger partial charge in [-0.05, 0) is 44.2 Å². The summed E-state index contributed by atoms with van der Waals surface area (Å²) >= 11 is 0. The van der Waals surface area contributed by atoms with Crippen LogP contribution in [0, 0.1) is 0 Å². The Kier molecular flexibility index (Phi) is 4.88. The molecule has 3 aromatic rings. The standard InChI is InChI=1S/C19H23N7/c1-24(14-16-13-21-26(23-16)17-7-3-2-4-8-17)15-18-9-6-12-25(18)19-10-5-11-20-22-19/h2-5,7-8,10-11,13,18H,6,9,12,14-15H2,1H3/t18-/m0/s1. The molecule has 1 aliphatic rings. The summed E-state index contributed by atoms with van der Waals surface area (Å²) in [6.07, 6.45) is 5.94. The number of aromatic nitrogens is 5. The number of anilines is 1. The minimum Gasteiger partial charge on any atom is -0.351 e. The molecule has 0 radical (unpaired) electrons. The lowest BCUT2D eigenvalue weighted by Crippen LogP contribution is -2.39. The number of benzene rings is 1. The second-order valence-electron chi connectivity index (χ2n) is 6.73. The van der Waals surface area contributed by atoms with Gasteiger partial charge in [0.2, 0.25) is 0 Å². The van der Waals surface area contributed by atoms with Gasteiger partial charge in [-0.25, -0.2) is 0 Å². The molecular weight excluding hydrogens is 326 g/mol. The summed E-state index contributed by atoms with van der Waals surface area (Å²) in [5.41, 5.74) is 1.95. The summed E-state index contributed by atoms with van der Waals surface area (Å²) in [6.45, 7) is 2.79. The minimum absolute atomic E-state index is 0.459. The van der Waals surface area contributed by atoms with Crippen LogP contribution >= 0.6 is 0 Å². The molecule has 0 spiro atoms. The van der Waals surface area contributed by atoms with Crippen molar-refractivity contribution in [2.45, 2.75) is 25.4 Å². The molecule has 1 saturated heterocycles. The Morgan fingerprint density at radius 3 is 2.85 bits per heavy atom. The summed E-state index contributed by atoms with van der Waals surface area (Å²) < 4.78 is 0. The third-order valence-electron chi connectivity index (χ3n) is 4.71. The first-order chi connectivity index (χ1) is 12.8. The van der Waals surface area contributed by atoms with Crippen LogP contribution in [0.5, 0.6) is 0 Å². The Hall–Kier alpha value is -2.80. The Morgan fingerprint density at radius 1 is 1.15 bits per heavy atom. The van der Waals surface area contributed by atoms with Crippen molar-refractivity contribution in [2.24, 2.45) is 0 Å². The van der Waals surface area contributed by atoms with Gasteiger partial charge in [-0.1, -0.05) is 18.2 Å². The lowest BCUT2D eigenvalue weighted by molar-refractivity contribution is 0.299. The molecule has 7 heteroatoms. The highest BCUT2D eigenvalue weighted by atomic mass is 15.5. The van der Waals surface area contributed by atoms with Crippen molar-refractivity contribution in [3.05, 3.63) is 60.6 Å². The molecule has 0 saturated carbocycles. The van der Waals surface area contributed by atoms with Crippen molar-refractivity contribution in [1.82, 2.24) is 30.1 Å². The Labute approximate surface area is 153 Å². The second-order valence-corrected chi connectivity index (χ2v) is 6.73. The molecule has 2 aromatic heterocycles. The molecule has 3 heterocycles. The van der Waals surface area contributed by atoms with E-state index in [-0.39, 0.29) is 0 Å². The topological polar surface area (TPSA) is 63.0 Å². The normalized spacial score (nSPS) is 17.2. The summed E-state index contributed by atoms with van der Waals surface area (Å²) in [5.74, 6) is 0.971. The van der Waals surface area contributed by atoms with E-state index >= 15 is 0 Å². The summed E-state index contributed by atoms with van der Waals surface area (Å²) in [4.78, 5) is 6.35. The van der Waals surface area contributed by atoms with Crippen molar-refractivity contribution in [1.29, 1.82) is 0 Å². The molecule has 1 fully saturated rings. The van der Waals surface area contributed by atoms with E-state index in [0.29, 0.717) is 6.04 Å². The fourth-order valence-electron chi connectivity index (χ4n) is 3.53. The summed E-state index contributed by atoms with van der Waals surface area (Å²) in [7, 11) is 2.13. The zero-order valence-corrected chi connectivity index (χ0v) is 14.9. The van der Waals surface area contributed by atoms with Gasteiger partial charge in [0.1, 0.15) is 0 Å². The van der Waals surface area contributed by atoms with E-state index < -0.39 is 0 Å². The van der Waals surface area contributed by atoms with Crippen molar-refractivity contribution in [2.75, 3.05) is 25.0 Å². The van der Waals surface area contributed by atoms with Crippen molar-refractivity contribution < 1.29 is 0 Å². The van der Waals surface area contributed by atoms with Crippen LogP contribution in [-0.2, 0) is 6.54 Å². The predicted octanol–water partition coefficient (Wildman–Crippen LogP) is 2.16. The van der Waals surface area contributed by atoms with E-state index in [1.807, 2.05) is 48.7 Å². The van der Waals surface area contributed by atoms with E-state index in [1.165, 1.54) is 12.8 Å². The molecule has 0 unspecified atom stereocenters. The van der Waals surface area contributed by atoms with E-state index in [1.54, 1.807) is 11.0 Å². The van der Waals surface area contributed by atoms with E-state index in [2.05, 4.69) is 37.2 Å². The number of nitrogens with zero attached hydrogens (tertiary/aromatic N) is 7. The van der Waals surface area contributed by atoms with Crippen LogP contribution in [0.15, 0.2) is 54.9 Å². The smallest absolute Gasteiger partial charge is 0.151 e. The first-order valence-electron chi connectivity index (χ1n) is 8.99. The number of hydrogen-bond donors (Lipinski definition) is 0. The number of rotatable bonds is 6. The van der Waals surface area contributed by atoms with E-state index in [0.717, 1.165) is 36.8 Å². The molecular formula is C19H23N7. The van der Waals surface area contributed by atoms with Gasteiger partial charge in [0.05, 0.1) is 17.6 Å². The van der Waals surface area contributed by atoms with Crippen LogP contribution in [0.2, 0.25) is 0 Å². The Bertz CT molecular complexity index is 818. The molecule has 26 heavy (non-hydrogen) atoms. The van der Waals surface area contributed by atoms with Gasteiger partial charge < -0.3 is 4.90 Å². The van der Waals surface area contributed by atoms with Gasteiger partial charge in [0.15, 0.2) is 5.82 Å². The molecule has 7 nitrogen and oxygen atoms in total. The molecule has 1 atom stereocenters. The van der Waals surface area contributed by atoms with Crippen LogP contribution in [0.25, 0.3) is 5.69 Å². The van der Waals surface area contributed by atoms with Crippen molar-refractivity contribution in [3.8, 4) is 5.69 Å². The lowest BCUT2D eigenvalue weighted by Gasteiger charge is -2.28. The average molecular weight is 349 g/mol. The van der Waals surface area contributed by atoms with Gasteiger partial charge in [0, 0.05) is 31.9 Å². The molecule has 134 valence electrons. The first-order valence-corrected chi connectivity index (χ1v) is 8.99. The van der Waals surface area contributed by atoms with E-state index in [9.17, 15) is 0 Å². The molecule has 4 rings (SSSR count). The van der Waals surface area contributed by atoms with Gasteiger partial charge >= 0.3 is 0 Å². The maximum absolute atomic E-state index is 4.60. The predicted molar refractivity (Wildman–Crippen MR) is 100 cm³/mol. The van der Waals surface area contributed by atoms with Crippen LogP contribution in [0.3, 0.4) is 0 Å². The summed E-state index contributed by atoms with van der Waals surface area (Å²) in [6, 6.07) is 14.4. The monoisotopic (exact) mass is 349 g/mol. The van der Waals surface area contributed by atoms with Crippen molar-refractivity contribution in [3.63, 3.8) is 0 Å². The lowest BCUT2D eigenvalue weighted by atomic mass is 10.2.